The Labute approximate surface area is 437 Å². The highest BCUT2D eigenvalue weighted by atomic mass is 15.1. The van der Waals surface area contributed by atoms with Crippen LogP contribution in [0.3, 0.4) is 0 Å². The van der Waals surface area contributed by atoms with Crippen LogP contribution in [0, 0.1) is 0 Å². The minimum Gasteiger partial charge on any atom is -0.310 e. The minimum atomic E-state index is -0.133. The van der Waals surface area contributed by atoms with E-state index in [0.717, 1.165) is 11.4 Å². The summed E-state index contributed by atoms with van der Waals surface area (Å²) in [5.41, 5.74) is 25.9. The molecular formula is C72H53N3. The van der Waals surface area contributed by atoms with E-state index >= 15 is 0 Å². The molecule has 0 N–H and O–H groups in total. The second kappa shape index (κ2) is 16.2. The maximum Gasteiger partial charge on any atom is 0.0544 e. The third-order valence-corrected chi connectivity index (χ3v) is 16.9. The fraction of sp³-hybridized carbons (Fsp3) is 0.0833. The van der Waals surface area contributed by atoms with Crippen molar-refractivity contribution in [2.75, 3.05) is 4.90 Å². The summed E-state index contributed by atoms with van der Waals surface area (Å²) < 4.78 is 4.84. The molecule has 0 saturated heterocycles. The van der Waals surface area contributed by atoms with E-state index in [2.05, 4.69) is 290 Å². The Morgan fingerprint density at radius 2 is 0.747 bits per heavy atom. The molecule has 15 rings (SSSR count). The zero-order valence-electron chi connectivity index (χ0n) is 42.5. The number of rotatable bonds is 7. The highest BCUT2D eigenvalue weighted by Crippen LogP contribution is 2.55. The number of nitrogens with zero attached hydrogens (tertiary/aromatic N) is 3. The summed E-state index contributed by atoms with van der Waals surface area (Å²) in [6.07, 6.45) is 0. The van der Waals surface area contributed by atoms with Gasteiger partial charge in [-0.2, -0.15) is 0 Å². The average Bonchev–Trinajstić information content (AvgIpc) is 4.14. The largest absolute Gasteiger partial charge is 0.310 e. The molecule has 0 atom stereocenters. The van der Waals surface area contributed by atoms with Gasteiger partial charge in [0, 0.05) is 60.7 Å². The van der Waals surface area contributed by atoms with E-state index in [9.17, 15) is 0 Å². The molecular weight excluding hydrogens is 907 g/mol. The first-order valence-electron chi connectivity index (χ1n) is 26.3. The van der Waals surface area contributed by atoms with Gasteiger partial charge >= 0.3 is 0 Å². The van der Waals surface area contributed by atoms with Crippen LogP contribution in [0.2, 0.25) is 0 Å². The van der Waals surface area contributed by atoms with Crippen LogP contribution < -0.4 is 4.90 Å². The van der Waals surface area contributed by atoms with Crippen molar-refractivity contribution in [2.24, 2.45) is 0 Å². The summed E-state index contributed by atoms with van der Waals surface area (Å²) in [4.78, 5) is 2.47. The predicted octanol–water partition coefficient (Wildman–Crippen LogP) is 19.3. The third kappa shape index (κ3) is 6.41. The standard InChI is InChI=1S/C72H53N3/c1-71(2)62-26-15-12-24-56(62)70-63(71)27-17-29-68(70)73(52-36-30-46(31-37-52)48-34-40-66-58(42-48)55-23-13-16-28-65(55)74(66)50-18-7-5-8-19-50)53-38-32-47(33-39-53)49-35-41-67-59(43-49)60-44-57-54-22-11-14-25-61(54)72(3,4)64(57)45-69(60)75(67)51-20-9-6-10-21-51/h5-45H,1-4H3. The molecule has 75 heavy (non-hydrogen) atoms. The maximum absolute atomic E-state index is 2.47. The minimum absolute atomic E-state index is 0.0955. The summed E-state index contributed by atoms with van der Waals surface area (Å²) in [5, 5.41) is 5.03. The van der Waals surface area contributed by atoms with Gasteiger partial charge in [0.15, 0.2) is 0 Å². The zero-order valence-corrected chi connectivity index (χ0v) is 42.5. The molecule has 356 valence electrons. The van der Waals surface area contributed by atoms with Gasteiger partial charge in [0.1, 0.15) is 0 Å². The van der Waals surface area contributed by atoms with Crippen LogP contribution in [-0.4, -0.2) is 9.13 Å². The van der Waals surface area contributed by atoms with Gasteiger partial charge < -0.3 is 14.0 Å². The molecule has 0 bridgehead atoms. The van der Waals surface area contributed by atoms with Crippen LogP contribution >= 0.6 is 0 Å². The Kier molecular flexibility index (Phi) is 9.35. The molecule has 2 aromatic heterocycles. The second-order valence-corrected chi connectivity index (χ2v) is 21.7. The van der Waals surface area contributed by atoms with Gasteiger partial charge in [-0.05, 0) is 158 Å². The van der Waals surface area contributed by atoms with Crippen LogP contribution in [0.25, 0.3) is 99.5 Å². The molecule has 3 nitrogen and oxygen atoms in total. The van der Waals surface area contributed by atoms with Crippen molar-refractivity contribution in [3.8, 4) is 55.9 Å². The molecule has 0 aliphatic heterocycles. The topological polar surface area (TPSA) is 13.1 Å². The van der Waals surface area contributed by atoms with Gasteiger partial charge in [-0.3, -0.25) is 0 Å². The van der Waals surface area contributed by atoms with E-state index in [1.165, 1.54) is 127 Å². The molecule has 2 aliphatic carbocycles. The Balaban J connectivity index is 0.856. The summed E-state index contributed by atoms with van der Waals surface area (Å²) in [6.45, 7) is 9.47. The fourth-order valence-corrected chi connectivity index (χ4v) is 13.2. The number of hydrogen-bond acceptors (Lipinski definition) is 1. The molecule has 13 aromatic rings. The molecule has 0 unspecified atom stereocenters. The van der Waals surface area contributed by atoms with Gasteiger partial charge in [-0.1, -0.05) is 179 Å². The van der Waals surface area contributed by atoms with Crippen LogP contribution in [0.1, 0.15) is 49.9 Å². The fourth-order valence-electron chi connectivity index (χ4n) is 13.2. The lowest BCUT2D eigenvalue weighted by atomic mass is 9.82. The molecule has 0 fully saturated rings. The summed E-state index contributed by atoms with van der Waals surface area (Å²) in [6, 6.07) is 92.5. The van der Waals surface area contributed by atoms with Crippen molar-refractivity contribution in [1.29, 1.82) is 0 Å². The molecule has 2 aliphatic rings. The first kappa shape index (κ1) is 43.4. The number of anilines is 3. The Hall–Kier alpha value is -9.18. The van der Waals surface area contributed by atoms with Crippen molar-refractivity contribution in [3.05, 3.63) is 271 Å². The number of hydrogen-bond donors (Lipinski definition) is 0. The van der Waals surface area contributed by atoms with Crippen molar-refractivity contribution in [1.82, 2.24) is 9.13 Å². The molecule has 3 heteroatoms. The SMILES string of the molecule is CC1(C)c2ccccc2-c2cc3c4cc(-c5ccc(N(c6ccc(-c7ccc8c(c7)c7ccccc7n8-c7ccccc7)cc6)c6cccc7c6-c6ccccc6C7(C)C)cc5)ccc4n(-c4ccccc4)c3cc21. The predicted molar refractivity (Wildman–Crippen MR) is 316 cm³/mol. The lowest BCUT2D eigenvalue weighted by Gasteiger charge is -2.29. The van der Waals surface area contributed by atoms with Crippen LogP contribution in [0.5, 0.6) is 0 Å². The molecule has 0 saturated carbocycles. The van der Waals surface area contributed by atoms with Crippen molar-refractivity contribution in [3.63, 3.8) is 0 Å². The van der Waals surface area contributed by atoms with Crippen LogP contribution in [0.15, 0.2) is 249 Å². The second-order valence-electron chi connectivity index (χ2n) is 21.7. The highest BCUT2D eigenvalue weighted by Gasteiger charge is 2.38. The van der Waals surface area contributed by atoms with Crippen molar-refractivity contribution < 1.29 is 0 Å². The average molecular weight is 960 g/mol. The van der Waals surface area contributed by atoms with Crippen LogP contribution in [-0.2, 0) is 10.8 Å². The number of aromatic nitrogens is 2. The van der Waals surface area contributed by atoms with Gasteiger partial charge in [-0.25, -0.2) is 0 Å². The lowest BCUT2D eigenvalue weighted by Crippen LogP contribution is -2.16. The molecule has 0 amide bonds. The van der Waals surface area contributed by atoms with E-state index in [0.29, 0.717) is 0 Å². The number of fused-ring (bicyclic) bond motifs is 12. The summed E-state index contributed by atoms with van der Waals surface area (Å²) in [7, 11) is 0. The van der Waals surface area contributed by atoms with Gasteiger partial charge in [0.25, 0.3) is 0 Å². The number of para-hydroxylation sites is 3. The molecule has 2 heterocycles. The maximum atomic E-state index is 2.47. The molecule has 11 aromatic carbocycles. The van der Waals surface area contributed by atoms with E-state index in [1.54, 1.807) is 0 Å². The first-order chi connectivity index (χ1) is 36.7. The van der Waals surface area contributed by atoms with Crippen molar-refractivity contribution >= 4 is 60.7 Å². The van der Waals surface area contributed by atoms with E-state index in [1.807, 2.05) is 0 Å². The van der Waals surface area contributed by atoms with E-state index in [4.69, 9.17) is 0 Å². The van der Waals surface area contributed by atoms with E-state index < -0.39 is 0 Å². The monoisotopic (exact) mass is 959 g/mol. The third-order valence-electron chi connectivity index (χ3n) is 16.9. The smallest absolute Gasteiger partial charge is 0.0544 e. The normalized spacial score (nSPS) is 13.8. The molecule has 0 spiro atoms. The Morgan fingerprint density at radius 1 is 0.293 bits per heavy atom. The number of benzene rings is 11. The first-order valence-corrected chi connectivity index (χ1v) is 26.3. The van der Waals surface area contributed by atoms with Gasteiger partial charge in [-0.15, -0.1) is 0 Å². The quantitative estimate of drug-likeness (QED) is 0.155. The Bertz CT molecular complexity index is 4440. The lowest BCUT2D eigenvalue weighted by molar-refractivity contribution is 0.660. The van der Waals surface area contributed by atoms with Crippen LogP contribution in [0.4, 0.5) is 17.1 Å². The Morgan fingerprint density at radius 3 is 1.37 bits per heavy atom. The summed E-state index contributed by atoms with van der Waals surface area (Å²) in [5.74, 6) is 0. The van der Waals surface area contributed by atoms with Gasteiger partial charge in [0.2, 0.25) is 0 Å². The summed E-state index contributed by atoms with van der Waals surface area (Å²) >= 11 is 0. The van der Waals surface area contributed by atoms with Gasteiger partial charge in [0.05, 0.1) is 27.8 Å². The molecule has 0 radical (unpaired) electrons. The zero-order chi connectivity index (χ0) is 50.2. The van der Waals surface area contributed by atoms with Crippen molar-refractivity contribution in [2.45, 2.75) is 38.5 Å². The van der Waals surface area contributed by atoms with E-state index in [-0.39, 0.29) is 10.8 Å². The highest BCUT2D eigenvalue weighted by molar-refractivity contribution is 6.13.